The highest BCUT2D eigenvalue weighted by Gasteiger charge is 2.21. The molecule has 0 saturated carbocycles. The van der Waals surface area contributed by atoms with Crippen LogP contribution in [0.5, 0.6) is 0 Å². The van der Waals surface area contributed by atoms with E-state index in [0.29, 0.717) is 18.0 Å². The Balaban J connectivity index is 2.27. The summed E-state index contributed by atoms with van der Waals surface area (Å²) in [4.78, 5) is 18.3. The first-order valence-corrected chi connectivity index (χ1v) is 8.04. The van der Waals surface area contributed by atoms with Gasteiger partial charge in [0.05, 0.1) is 6.54 Å². The molecule has 0 spiro atoms. The molecule has 1 fully saturated rings. The molecule has 0 aliphatic carbocycles. The number of hydrogen-bond donors (Lipinski definition) is 3. The molecule has 0 aromatic rings. The fraction of sp³-hybridized carbons (Fsp3) is 0.867. The van der Waals surface area contributed by atoms with E-state index >= 15 is 0 Å². The lowest BCUT2D eigenvalue weighted by Gasteiger charge is -2.35. The van der Waals surface area contributed by atoms with Crippen LogP contribution in [0.15, 0.2) is 4.99 Å². The minimum atomic E-state index is 0.00873. The summed E-state index contributed by atoms with van der Waals surface area (Å²) in [5.74, 6) is 0.721. The lowest BCUT2D eigenvalue weighted by Crippen LogP contribution is -2.51. The van der Waals surface area contributed by atoms with Gasteiger partial charge in [-0.3, -0.25) is 9.79 Å². The number of amides is 1. The number of carbonyl (C=O) groups is 1. The molecule has 0 atom stereocenters. The molecule has 0 radical (unpaired) electrons. The average molecular weight is 297 g/mol. The number of guanidine groups is 1. The predicted molar refractivity (Wildman–Crippen MR) is 87.5 cm³/mol. The van der Waals surface area contributed by atoms with Gasteiger partial charge in [0.15, 0.2) is 5.96 Å². The molecule has 6 heteroatoms. The maximum Gasteiger partial charge on any atom is 0.239 e. The van der Waals surface area contributed by atoms with E-state index in [0.717, 1.165) is 38.9 Å². The van der Waals surface area contributed by atoms with Crippen LogP contribution in [0.4, 0.5) is 0 Å². The molecule has 1 heterocycles. The van der Waals surface area contributed by atoms with Crippen LogP contribution in [0.1, 0.15) is 40.0 Å². The van der Waals surface area contributed by atoms with E-state index < -0.39 is 0 Å². The van der Waals surface area contributed by atoms with Gasteiger partial charge >= 0.3 is 0 Å². The summed E-state index contributed by atoms with van der Waals surface area (Å²) in [7, 11) is 1.74. The van der Waals surface area contributed by atoms with Crippen LogP contribution in [0.3, 0.4) is 0 Å². The molecule has 21 heavy (non-hydrogen) atoms. The smallest absolute Gasteiger partial charge is 0.239 e. The van der Waals surface area contributed by atoms with Crippen molar-refractivity contribution in [2.75, 3.05) is 33.2 Å². The summed E-state index contributed by atoms with van der Waals surface area (Å²) in [6, 6.07) is 1.05. The molecule has 3 N–H and O–H groups in total. The van der Waals surface area contributed by atoms with Crippen LogP contribution < -0.4 is 16.0 Å². The van der Waals surface area contributed by atoms with E-state index in [-0.39, 0.29) is 12.5 Å². The van der Waals surface area contributed by atoms with Crippen molar-refractivity contribution in [2.24, 2.45) is 4.99 Å². The SMILES string of the molecule is CCCNC(=O)CNC(=NC)NC1CCN(C(C)C)CC1. The molecule has 122 valence electrons. The zero-order chi connectivity index (χ0) is 15.7. The second kappa shape index (κ2) is 9.60. The highest BCUT2D eigenvalue weighted by molar-refractivity contribution is 5.86. The average Bonchev–Trinajstić information content (AvgIpc) is 2.49. The maximum atomic E-state index is 11.6. The van der Waals surface area contributed by atoms with Gasteiger partial charge in [0.1, 0.15) is 0 Å². The summed E-state index contributed by atoms with van der Waals surface area (Å²) >= 11 is 0. The van der Waals surface area contributed by atoms with Gasteiger partial charge in [0, 0.05) is 38.8 Å². The molecular weight excluding hydrogens is 266 g/mol. The van der Waals surface area contributed by atoms with Crippen molar-refractivity contribution in [3.63, 3.8) is 0 Å². The van der Waals surface area contributed by atoms with E-state index in [1.807, 2.05) is 6.92 Å². The molecule has 0 aromatic carbocycles. The van der Waals surface area contributed by atoms with Gasteiger partial charge in [-0.2, -0.15) is 0 Å². The molecular formula is C15H31N5O. The first kappa shape index (κ1) is 17.8. The monoisotopic (exact) mass is 297 g/mol. The van der Waals surface area contributed by atoms with Crippen molar-refractivity contribution in [1.29, 1.82) is 0 Å². The Labute approximate surface area is 128 Å². The van der Waals surface area contributed by atoms with Crippen LogP contribution in [-0.4, -0.2) is 62.1 Å². The molecule has 0 aromatic heterocycles. The van der Waals surface area contributed by atoms with E-state index in [4.69, 9.17) is 0 Å². The number of aliphatic imine (C=N–C) groups is 1. The third kappa shape index (κ3) is 6.80. The highest BCUT2D eigenvalue weighted by Crippen LogP contribution is 2.12. The Morgan fingerprint density at radius 3 is 2.48 bits per heavy atom. The third-order valence-electron chi connectivity index (χ3n) is 3.81. The second-order valence-electron chi connectivity index (χ2n) is 5.82. The number of rotatable bonds is 6. The van der Waals surface area contributed by atoms with Crippen LogP contribution in [-0.2, 0) is 4.79 Å². The fourth-order valence-corrected chi connectivity index (χ4v) is 2.44. The minimum absolute atomic E-state index is 0.00873. The first-order chi connectivity index (χ1) is 10.1. The number of likely N-dealkylation sites (tertiary alicyclic amines) is 1. The van der Waals surface area contributed by atoms with Crippen LogP contribution >= 0.6 is 0 Å². The lowest BCUT2D eigenvalue weighted by atomic mass is 10.0. The van der Waals surface area contributed by atoms with Gasteiger partial charge in [-0.25, -0.2) is 0 Å². The number of nitrogens with zero attached hydrogens (tertiary/aromatic N) is 2. The lowest BCUT2D eigenvalue weighted by molar-refractivity contribution is -0.120. The maximum absolute atomic E-state index is 11.6. The van der Waals surface area contributed by atoms with Gasteiger partial charge in [-0.1, -0.05) is 6.92 Å². The Morgan fingerprint density at radius 2 is 1.95 bits per heavy atom. The summed E-state index contributed by atoms with van der Waals surface area (Å²) in [6.45, 7) is 9.74. The van der Waals surface area contributed by atoms with Crippen LogP contribution in [0.25, 0.3) is 0 Å². The van der Waals surface area contributed by atoms with Crippen molar-refractivity contribution in [1.82, 2.24) is 20.9 Å². The molecule has 0 bridgehead atoms. The molecule has 1 aliphatic heterocycles. The summed E-state index contributed by atoms with van der Waals surface area (Å²) in [6.07, 6.45) is 3.18. The summed E-state index contributed by atoms with van der Waals surface area (Å²) in [5, 5.41) is 9.32. The molecule has 1 rings (SSSR count). The number of nitrogens with one attached hydrogen (secondary N) is 3. The van der Waals surface area contributed by atoms with Crippen molar-refractivity contribution in [2.45, 2.75) is 52.1 Å². The fourth-order valence-electron chi connectivity index (χ4n) is 2.44. The van der Waals surface area contributed by atoms with Gasteiger partial charge in [0.2, 0.25) is 5.91 Å². The van der Waals surface area contributed by atoms with Crippen molar-refractivity contribution < 1.29 is 4.79 Å². The van der Waals surface area contributed by atoms with E-state index in [1.54, 1.807) is 7.05 Å². The van der Waals surface area contributed by atoms with E-state index in [1.165, 1.54) is 0 Å². The minimum Gasteiger partial charge on any atom is -0.355 e. The van der Waals surface area contributed by atoms with Gasteiger partial charge < -0.3 is 20.9 Å². The molecule has 1 aliphatic rings. The molecule has 1 saturated heterocycles. The van der Waals surface area contributed by atoms with Gasteiger partial charge in [-0.15, -0.1) is 0 Å². The zero-order valence-electron chi connectivity index (χ0n) is 13.9. The van der Waals surface area contributed by atoms with Gasteiger partial charge in [-0.05, 0) is 33.1 Å². The quantitative estimate of drug-likeness (QED) is 0.495. The van der Waals surface area contributed by atoms with Crippen molar-refractivity contribution in [3.8, 4) is 0 Å². The van der Waals surface area contributed by atoms with Crippen LogP contribution in [0.2, 0.25) is 0 Å². The summed E-state index contributed by atoms with van der Waals surface area (Å²) in [5.41, 5.74) is 0. The second-order valence-corrected chi connectivity index (χ2v) is 5.82. The van der Waals surface area contributed by atoms with Gasteiger partial charge in [0.25, 0.3) is 0 Å². The van der Waals surface area contributed by atoms with Crippen molar-refractivity contribution >= 4 is 11.9 Å². The molecule has 0 unspecified atom stereocenters. The summed E-state index contributed by atoms with van der Waals surface area (Å²) < 4.78 is 0. The zero-order valence-corrected chi connectivity index (χ0v) is 13.9. The highest BCUT2D eigenvalue weighted by atomic mass is 16.1. The number of piperidine rings is 1. The van der Waals surface area contributed by atoms with Crippen molar-refractivity contribution in [3.05, 3.63) is 0 Å². The van der Waals surface area contributed by atoms with Crippen LogP contribution in [0, 0.1) is 0 Å². The number of carbonyl (C=O) groups excluding carboxylic acids is 1. The topological polar surface area (TPSA) is 68.8 Å². The number of hydrogen-bond acceptors (Lipinski definition) is 3. The Hall–Kier alpha value is -1.30. The molecule has 6 nitrogen and oxygen atoms in total. The molecule has 1 amide bonds. The first-order valence-electron chi connectivity index (χ1n) is 8.04. The standard InChI is InChI=1S/C15H31N5O/c1-5-8-17-14(21)11-18-15(16-4)19-13-6-9-20(10-7-13)12(2)3/h12-13H,5-11H2,1-4H3,(H,17,21)(H2,16,18,19). The normalized spacial score (nSPS) is 17.9. The predicted octanol–water partition coefficient (Wildman–Crippen LogP) is 0.550. The van der Waals surface area contributed by atoms with E-state index in [9.17, 15) is 4.79 Å². The van der Waals surface area contributed by atoms with E-state index in [2.05, 4.69) is 39.7 Å². The third-order valence-corrected chi connectivity index (χ3v) is 3.81. The largest absolute Gasteiger partial charge is 0.355 e. The Kier molecular flexibility index (Phi) is 8.12. The Bertz CT molecular complexity index is 335. The Morgan fingerprint density at radius 1 is 1.29 bits per heavy atom.